The van der Waals surface area contributed by atoms with Gasteiger partial charge in [0.1, 0.15) is 0 Å². The van der Waals surface area contributed by atoms with Crippen LogP contribution in [0.2, 0.25) is 0 Å². The van der Waals surface area contributed by atoms with Crippen LogP contribution in [-0.4, -0.2) is 46.4 Å². The molecule has 2 aromatic rings. The van der Waals surface area contributed by atoms with Crippen molar-refractivity contribution in [1.29, 1.82) is 0 Å². The molecule has 0 atom stereocenters. The highest BCUT2D eigenvalue weighted by molar-refractivity contribution is 5.98. The lowest BCUT2D eigenvalue weighted by Crippen LogP contribution is -2.24. The first kappa shape index (κ1) is 22.3. The van der Waals surface area contributed by atoms with Gasteiger partial charge in [-0.05, 0) is 24.1 Å². The maximum atomic E-state index is 11.6. The van der Waals surface area contributed by atoms with Gasteiger partial charge in [-0.25, -0.2) is 0 Å². The van der Waals surface area contributed by atoms with Crippen LogP contribution in [0.3, 0.4) is 0 Å². The molecule has 2 rings (SSSR count). The fraction of sp³-hybridized carbons (Fsp3) is 0.333. The van der Waals surface area contributed by atoms with Crippen molar-refractivity contribution >= 4 is 17.4 Å². The zero-order chi connectivity index (χ0) is 20.4. The lowest BCUT2D eigenvalue weighted by molar-refractivity contribution is -0.255. The van der Waals surface area contributed by atoms with E-state index < -0.39 is 12.3 Å². The van der Waals surface area contributed by atoms with Crippen LogP contribution >= 0.6 is 0 Å². The summed E-state index contributed by atoms with van der Waals surface area (Å²) in [5, 5.41) is 10.7. The van der Waals surface area contributed by atoms with Crippen molar-refractivity contribution in [2.24, 2.45) is 0 Å². The van der Waals surface area contributed by atoms with Gasteiger partial charge in [-0.1, -0.05) is 43.3 Å². The van der Waals surface area contributed by atoms with E-state index in [1.165, 1.54) is 14.2 Å². The fourth-order valence-corrected chi connectivity index (χ4v) is 2.40. The van der Waals surface area contributed by atoms with Crippen molar-refractivity contribution in [3.8, 4) is 0 Å². The summed E-state index contributed by atoms with van der Waals surface area (Å²) < 4.78 is 9.69. The Labute approximate surface area is 160 Å². The number of aromatic carboxylic acids is 1. The maximum absolute atomic E-state index is 11.6. The first-order valence-electron chi connectivity index (χ1n) is 8.52. The Bertz CT molecular complexity index is 739. The smallest absolute Gasteiger partial charge is 0.222 e. The normalized spacial score (nSPS) is 10.1. The molecule has 0 amide bonds. The molecule has 27 heavy (non-hydrogen) atoms. The molecule has 6 heteroatoms. The molecule has 0 unspecified atom stereocenters. The number of methoxy groups -OCH3 is 2. The van der Waals surface area contributed by atoms with Gasteiger partial charge in [0, 0.05) is 45.1 Å². The second-order valence-electron chi connectivity index (χ2n) is 5.91. The Kier molecular flexibility index (Phi) is 9.19. The van der Waals surface area contributed by atoms with E-state index in [0.29, 0.717) is 12.0 Å². The molecule has 0 spiro atoms. The molecule has 0 aliphatic rings. The van der Waals surface area contributed by atoms with E-state index in [-0.39, 0.29) is 11.3 Å². The molecule has 0 radical (unpaired) electrons. The second-order valence-corrected chi connectivity index (χ2v) is 5.91. The van der Waals surface area contributed by atoms with Gasteiger partial charge in [0.25, 0.3) is 0 Å². The van der Waals surface area contributed by atoms with E-state index in [1.807, 2.05) is 38.1 Å². The highest BCUT2D eigenvalue weighted by atomic mass is 16.7. The molecule has 0 fully saturated rings. The van der Waals surface area contributed by atoms with Gasteiger partial charge in [0.2, 0.25) is 12.1 Å². The Morgan fingerprint density at radius 2 is 1.63 bits per heavy atom. The van der Waals surface area contributed by atoms with Crippen LogP contribution in [0.1, 0.15) is 33.2 Å². The largest absolute Gasteiger partial charge is 0.545 e. The minimum Gasteiger partial charge on any atom is -0.545 e. The molecule has 6 nitrogen and oxygen atoms in total. The van der Waals surface area contributed by atoms with Crippen molar-refractivity contribution in [1.82, 2.24) is 0 Å². The number of carboxylic acid groups (broad SMARTS) is 1. The molecule has 0 aromatic heterocycles. The zero-order valence-electron chi connectivity index (χ0n) is 16.4. The van der Waals surface area contributed by atoms with Crippen LogP contribution in [0.25, 0.3) is 0 Å². The van der Waals surface area contributed by atoms with Crippen LogP contribution < -0.4 is 10.0 Å². The summed E-state index contributed by atoms with van der Waals surface area (Å²) in [6.45, 7) is 1.93. The van der Waals surface area contributed by atoms with Gasteiger partial charge < -0.3 is 24.3 Å². The van der Waals surface area contributed by atoms with Gasteiger partial charge in [-0.2, -0.15) is 0 Å². The van der Waals surface area contributed by atoms with E-state index >= 15 is 0 Å². The van der Waals surface area contributed by atoms with Crippen molar-refractivity contribution in [2.75, 3.05) is 33.2 Å². The summed E-state index contributed by atoms with van der Waals surface area (Å²) in [4.78, 5) is 24.2. The Balaban J connectivity index is 0.000000271. The van der Waals surface area contributed by atoms with Gasteiger partial charge in [-0.15, -0.1) is 0 Å². The number of ether oxygens (including phenoxy) is 2. The van der Waals surface area contributed by atoms with Crippen molar-refractivity contribution in [3.63, 3.8) is 0 Å². The second kappa shape index (κ2) is 11.1. The number of ketones is 1. The number of benzene rings is 2. The average molecular weight is 372 g/mol. The van der Waals surface area contributed by atoms with Gasteiger partial charge in [-0.3, -0.25) is 4.79 Å². The van der Waals surface area contributed by atoms with Crippen LogP contribution in [0.15, 0.2) is 48.5 Å². The predicted molar refractivity (Wildman–Crippen MR) is 103 cm³/mol. The number of anilines is 1. The number of carbonyl (C=O) groups is 2. The Morgan fingerprint density at radius 1 is 1.04 bits per heavy atom. The number of rotatable bonds is 7. The lowest BCUT2D eigenvalue weighted by Gasteiger charge is -2.16. The average Bonchev–Trinajstić information content (AvgIpc) is 2.69. The third-order valence-electron chi connectivity index (χ3n) is 3.91. The highest BCUT2D eigenvalue weighted by Crippen LogP contribution is 2.18. The van der Waals surface area contributed by atoms with E-state index in [9.17, 15) is 14.7 Å². The molecule has 0 saturated carbocycles. The standard InChI is InChI=1S/C11H15NO2.C10H12O3/c1-4-8-7-9(12(2)3)5-6-10(8)11(13)14;1-12-10(13-2)9(11)8-6-4-3-5-7-8/h5-7H,4H2,1-3H3,(H,13,14);3-7,10H,1-2H3/p-1. The molecule has 0 aliphatic heterocycles. The summed E-state index contributed by atoms with van der Waals surface area (Å²) in [6.07, 6.45) is -0.104. The summed E-state index contributed by atoms with van der Waals surface area (Å²) in [5.74, 6) is -1.27. The number of nitrogens with zero attached hydrogens (tertiary/aromatic N) is 1. The number of hydrogen-bond donors (Lipinski definition) is 0. The summed E-state index contributed by atoms with van der Waals surface area (Å²) in [5.41, 5.74) is 2.71. The number of Topliss-reactive ketones (excluding diaryl/α,β-unsaturated/α-hetero) is 1. The summed E-state index contributed by atoms with van der Waals surface area (Å²) >= 11 is 0. The number of carbonyl (C=O) groups excluding carboxylic acids is 2. The maximum Gasteiger partial charge on any atom is 0.222 e. The van der Waals surface area contributed by atoms with Crippen LogP contribution in [0, 0.1) is 0 Å². The van der Waals surface area contributed by atoms with E-state index in [2.05, 4.69) is 0 Å². The zero-order valence-corrected chi connectivity index (χ0v) is 16.4. The van der Waals surface area contributed by atoms with Gasteiger partial charge >= 0.3 is 0 Å². The topological polar surface area (TPSA) is 78.9 Å². The highest BCUT2D eigenvalue weighted by Gasteiger charge is 2.17. The third-order valence-corrected chi connectivity index (χ3v) is 3.91. The van der Waals surface area contributed by atoms with Crippen LogP contribution in [0.5, 0.6) is 0 Å². The van der Waals surface area contributed by atoms with E-state index in [0.717, 1.165) is 11.3 Å². The Morgan fingerprint density at radius 3 is 2.07 bits per heavy atom. The van der Waals surface area contributed by atoms with Crippen LogP contribution in [-0.2, 0) is 15.9 Å². The number of hydrogen-bond acceptors (Lipinski definition) is 6. The summed E-state index contributed by atoms with van der Waals surface area (Å²) in [6, 6.07) is 14.2. The van der Waals surface area contributed by atoms with E-state index in [1.54, 1.807) is 36.4 Å². The quantitative estimate of drug-likeness (QED) is 0.547. The number of carboxylic acids is 1. The predicted octanol–water partition coefficient (Wildman–Crippen LogP) is 2.17. The molecular weight excluding hydrogens is 346 g/mol. The van der Waals surface area contributed by atoms with Crippen molar-refractivity contribution in [2.45, 2.75) is 19.6 Å². The van der Waals surface area contributed by atoms with Gasteiger partial charge in [0.05, 0.1) is 5.97 Å². The Hall–Kier alpha value is -2.70. The number of aryl methyl sites for hydroxylation is 1. The molecule has 2 aromatic carbocycles. The monoisotopic (exact) mass is 372 g/mol. The third kappa shape index (κ3) is 6.51. The van der Waals surface area contributed by atoms with Crippen molar-refractivity contribution < 1.29 is 24.2 Å². The van der Waals surface area contributed by atoms with E-state index in [4.69, 9.17) is 9.47 Å². The molecule has 0 N–H and O–H groups in total. The van der Waals surface area contributed by atoms with Crippen molar-refractivity contribution in [3.05, 3.63) is 65.2 Å². The molecule has 0 aliphatic carbocycles. The molecule has 0 bridgehead atoms. The minimum atomic E-state index is -1.10. The molecular formula is C21H26NO5-. The fourth-order valence-electron chi connectivity index (χ4n) is 2.40. The molecule has 0 saturated heterocycles. The van der Waals surface area contributed by atoms with Gasteiger partial charge in [0.15, 0.2) is 0 Å². The summed E-state index contributed by atoms with van der Waals surface area (Å²) in [7, 11) is 6.73. The molecule has 0 heterocycles. The first-order chi connectivity index (χ1) is 12.8. The minimum absolute atomic E-state index is 0.161. The van der Waals surface area contributed by atoms with Crippen LogP contribution in [0.4, 0.5) is 5.69 Å². The molecule has 146 valence electrons. The lowest BCUT2D eigenvalue weighted by atomic mass is 10.0. The first-order valence-corrected chi connectivity index (χ1v) is 8.52. The SMILES string of the molecule is CCc1cc(N(C)C)ccc1C(=O)[O-].COC(OC)C(=O)c1ccccc1.